The number of oxazole rings is 1. The summed E-state index contributed by atoms with van der Waals surface area (Å²) in [5.74, 6) is 1.47. The number of anilines is 1. The summed E-state index contributed by atoms with van der Waals surface area (Å²) in [6.45, 7) is 4.67. The lowest BCUT2D eigenvalue weighted by Gasteiger charge is -2.12. The first kappa shape index (κ1) is 8.56. The van der Waals surface area contributed by atoms with Crippen LogP contribution in [0.5, 0.6) is 0 Å². The molecule has 0 aliphatic carbocycles. The topological polar surface area (TPSA) is 55.3 Å². The summed E-state index contributed by atoms with van der Waals surface area (Å²) in [5.41, 5.74) is 5.60. The van der Waals surface area contributed by atoms with Crippen molar-refractivity contribution in [3.05, 3.63) is 12.0 Å². The minimum Gasteiger partial charge on any atom is -0.429 e. The van der Waals surface area contributed by atoms with E-state index in [-0.39, 0.29) is 0 Å². The molecule has 72 valence electrons. The van der Waals surface area contributed by atoms with Gasteiger partial charge in [-0.3, -0.25) is 0 Å². The molecule has 0 bridgehead atoms. The number of aryl methyl sites for hydroxylation is 1. The Morgan fingerprint density at radius 3 is 3.15 bits per heavy atom. The van der Waals surface area contributed by atoms with E-state index in [1.165, 1.54) is 0 Å². The Hall–Kier alpha value is -1.03. The molecule has 1 fully saturated rings. The highest BCUT2D eigenvalue weighted by Crippen LogP contribution is 2.22. The Morgan fingerprint density at radius 2 is 2.62 bits per heavy atom. The van der Waals surface area contributed by atoms with Gasteiger partial charge in [-0.15, -0.1) is 0 Å². The third-order valence-corrected chi connectivity index (χ3v) is 2.50. The molecule has 1 atom stereocenters. The van der Waals surface area contributed by atoms with E-state index in [4.69, 9.17) is 10.2 Å². The van der Waals surface area contributed by atoms with E-state index in [1.54, 1.807) is 6.20 Å². The molecule has 0 saturated carbocycles. The van der Waals surface area contributed by atoms with Crippen LogP contribution in [-0.2, 0) is 0 Å². The SMILES string of the molecule is Cc1cnc(N2CCC(CN)C2)o1. The Bertz CT molecular complexity index is 284. The maximum Gasteiger partial charge on any atom is 0.297 e. The maximum atomic E-state index is 5.60. The van der Waals surface area contributed by atoms with Crippen LogP contribution in [0.25, 0.3) is 0 Å². The van der Waals surface area contributed by atoms with Gasteiger partial charge in [0.1, 0.15) is 5.76 Å². The van der Waals surface area contributed by atoms with Gasteiger partial charge in [-0.2, -0.15) is 0 Å². The fourth-order valence-corrected chi connectivity index (χ4v) is 1.69. The second-order valence-electron chi connectivity index (χ2n) is 3.59. The quantitative estimate of drug-likeness (QED) is 0.732. The number of aromatic nitrogens is 1. The summed E-state index contributed by atoms with van der Waals surface area (Å²) in [5, 5.41) is 0. The second-order valence-corrected chi connectivity index (χ2v) is 3.59. The van der Waals surface area contributed by atoms with Crippen molar-refractivity contribution in [2.24, 2.45) is 11.7 Å². The highest BCUT2D eigenvalue weighted by Gasteiger charge is 2.24. The van der Waals surface area contributed by atoms with E-state index in [0.717, 1.165) is 37.8 Å². The van der Waals surface area contributed by atoms with Gasteiger partial charge in [-0.05, 0) is 25.8 Å². The molecule has 2 heterocycles. The molecule has 0 aromatic carbocycles. The third kappa shape index (κ3) is 1.67. The van der Waals surface area contributed by atoms with Crippen LogP contribution in [0.4, 0.5) is 6.01 Å². The summed E-state index contributed by atoms with van der Waals surface area (Å²) in [6, 6.07) is 0.744. The highest BCUT2D eigenvalue weighted by molar-refractivity contribution is 5.28. The predicted octanol–water partition coefficient (Wildman–Crippen LogP) is 0.768. The van der Waals surface area contributed by atoms with Crippen molar-refractivity contribution in [1.82, 2.24) is 4.98 Å². The molecule has 4 nitrogen and oxygen atoms in total. The van der Waals surface area contributed by atoms with E-state index in [9.17, 15) is 0 Å². The van der Waals surface area contributed by atoms with Gasteiger partial charge in [-0.25, -0.2) is 4.98 Å². The average molecular weight is 181 g/mol. The molecule has 2 rings (SSSR count). The van der Waals surface area contributed by atoms with Gasteiger partial charge in [0, 0.05) is 13.1 Å². The molecule has 0 radical (unpaired) electrons. The second kappa shape index (κ2) is 3.38. The van der Waals surface area contributed by atoms with Crippen LogP contribution >= 0.6 is 0 Å². The summed E-state index contributed by atoms with van der Waals surface area (Å²) >= 11 is 0. The number of nitrogens with zero attached hydrogens (tertiary/aromatic N) is 2. The molecule has 1 aromatic rings. The molecule has 1 aromatic heterocycles. The number of rotatable bonds is 2. The van der Waals surface area contributed by atoms with Crippen LogP contribution in [0.3, 0.4) is 0 Å². The smallest absolute Gasteiger partial charge is 0.297 e. The largest absolute Gasteiger partial charge is 0.429 e. The van der Waals surface area contributed by atoms with Gasteiger partial charge >= 0.3 is 0 Å². The van der Waals surface area contributed by atoms with E-state index >= 15 is 0 Å². The van der Waals surface area contributed by atoms with Crippen LogP contribution in [0, 0.1) is 12.8 Å². The summed E-state index contributed by atoms with van der Waals surface area (Å²) in [4.78, 5) is 6.34. The minimum absolute atomic E-state index is 0.604. The zero-order chi connectivity index (χ0) is 9.26. The summed E-state index contributed by atoms with van der Waals surface area (Å²) < 4.78 is 5.43. The highest BCUT2D eigenvalue weighted by atomic mass is 16.4. The lowest BCUT2D eigenvalue weighted by molar-refractivity contribution is 0.515. The molecule has 2 N–H and O–H groups in total. The molecular formula is C9H15N3O. The predicted molar refractivity (Wildman–Crippen MR) is 50.6 cm³/mol. The molecular weight excluding hydrogens is 166 g/mol. The van der Waals surface area contributed by atoms with Crippen LogP contribution in [0.15, 0.2) is 10.6 Å². The van der Waals surface area contributed by atoms with Crippen molar-refractivity contribution in [2.75, 3.05) is 24.5 Å². The van der Waals surface area contributed by atoms with Crippen LogP contribution in [-0.4, -0.2) is 24.6 Å². The Morgan fingerprint density at radius 1 is 1.77 bits per heavy atom. The van der Waals surface area contributed by atoms with Crippen molar-refractivity contribution >= 4 is 6.01 Å². The Labute approximate surface area is 77.7 Å². The summed E-state index contributed by atoms with van der Waals surface area (Å²) in [6.07, 6.45) is 2.91. The third-order valence-electron chi connectivity index (χ3n) is 2.50. The Balaban J connectivity index is 2.03. The van der Waals surface area contributed by atoms with Crippen molar-refractivity contribution in [2.45, 2.75) is 13.3 Å². The number of hydrogen-bond donors (Lipinski definition) is 1. The minimum atomic E-state index is 0.604. The van der Waals surface area contributed by atoms with E-state index in [0.29, 0.717) is 5.92 Å². The number of nitrogens with two attached hydrogens (primary N) is 1. The fraction of sp³-hybridized carbons (Fsp3) is 0.667. The molecule has 1 unspecified atom stereocenters. The monoisotopic (exact) mass is 181 g/mol. The molecule has 13 heavy (non-hydrogen) atoms. The fourth-order valence-electron chi connectivity index (χ4n) is 1.69. The van der Waals surface area contributed by atoms with Gasteiger partial charge in [0.15, 0.2) is 0 Å². The lowest BCUT2D eigenvalue weighted by atomic mass is 10.1. The van der Waals surface area contributed by atoms with Gasteiger partial charge < -0.3 is 15.1 Å². The van der Waals surface area contributed by atoms with Crippen LogP contribution < -0.4 is 10.6 Å². The van der Waals surface area contributed by atoms with Crippen molar-refractivity contribution in [1.29, 1.82) is 0 Å². The van der Waals surface area contributed by atoms with Crippen molar-refractivity contribution < 1.29 is 4.42 Å². The zero-order valence-electron chi connectivity index (χ0n) is 7.86. The first-order valence-electron chi connectivity index (χ1n) is 4.67. The number of hydrogen-bond acceptors (Lipinski definition) is 4. The Kier molecular flexibility index (Phi) is 2.22. The molecule has 1 saturated heterocycles. The standard InChI is InChI=1S/C9H15N3O/c1-7-5-11-9(13-7)12-3-2-8(4-10)6-12/h5,8H,2-4,6,10H2,1H3. The molecule has 0 spiro atoms. The van der Waals surface area contributed by atoms with Gasteiger partial charge in [0.05, 0.1) is 6.20 Å². The van der Waals surface area contributed by atoms with Crippen molar-refractivity contribution in [3.63, 3.8) is 0 Å². The zero-order valence-corrected chi connectivity index (χ0v) is 7.86. The molecule has 0 amide bonds. The van der Waals surface area contributed by atoms with Crippen LogP contribution in [0.1, 0.15) is 12.2 Å². The van der Waals surface area contributed by atoms with Gasteiger partial charge in [0.2, 0.25) is 0 Å². The molecule has 1 aliphatic rings. The molecule has 1 aliphatic heterocycles. The first-order valence-corrected chi connectivity index (χ1v) is 4.67. The summed E-state index contributed by atoms with van der Waals surface area (Å²) in [7, 11) is 0. The average Bonchev–Trinajstić information content (AvgIpc) is 2.71. The molecule has 4 heteroatoms. The van der Waals surface area contributed by atoms with E-state index < -0.39 is 0 Å². The van der Waals surface area contributed by atoms with E-state index in [2.05, 4.69) is 9.88 Å². The first-order chi connectivity index (χ1) is 6.29. The van der Waals surface area contributed by atoms with Crippen molar-refractivity contribution in [3.8, 4) is 0 Å². The van der Waals surface area contributed by atoms with Gasteiger partial charge in [0.25, 0.3) is 6.01 Å². The maximum absolute atomic E-state index is 5.60. The van der Waals surface area contributed by atoms with E-state index in [1.807, 2.05) is 6.92 Å². The lowest BCUT2D eigenvalue weighted by Crippen LogP contribution is -2.22. The van der Waals surface area contributed by atoms with Crippen LogP contribution in [0.2, 0.25) is 0 Å². The van der Waals surface area contributed by atoms with Gasteiger partial charge in [-0.1, -0.05) is 0 Å². The normalized spacial score (nSPS) is 22.6.